The summed E-state index contributed by atoms with van der Waals surface area (Å²) in [5.41, 5.74) is -0.588. The second kappa shape index (κ2) is 4.97. The molecule has 98 valence electrons. The summed E-state index contributed by atoms with van der Waals surface area (Å²) in [4.78, 5) is 15.0. The molecule has 1 saturated carbocycles. The highest BCUT2D eigenvalue weighted by atomic mass is 19.3. The summed E-state index contributed by atoms with van der Waals surface area (Å²) in [6.45, 7) is 0. The summed E-state index contributed by atoms with van der Waals surface area (Å²) >= 11 is 0. The van der Waals surface area contributed by atoms with E-state index >= 15 is 0 Å². The van der Waals surface area contributed by atoms with Crippen molar-refractivity contribution in [3.8, 4) is 0 Å². The number of aliphatic hydroxyl groups excluding tert-OH is 1. The van der Waals surface area contributed by atoms with Gasteiger partial charge in [0.05, 0.1) is 12.1 Å². The second-order valence-electron chi connectivity index (χ2n) is 4.37. The van der Waals surface area contributed by atoms with Gasteiger partial charge in [0.1, 0.15) is 5.69 Å². The monoisotopic (exact) mass is 256 g/mol. The zero-order valence-electron chi connectivity index (χ0n) is 9.64. The molecule has 0 radical (unpaired) electrons. The highest BCUT2D eigenvalue weighted by Crippen LogP contribution is 2.27. The minimum Gasteiger partial charge on any atom is -0.391 e. The third-order valence-corrected chi connectivity index (χ3v) is 3.07. The van der Waals surface area contributed by atoms with Gasteiger partial charge in [-0.15, -0.1) is 0 Å². The van der Waals surface area contributed by atoms with Crippen molar-refractivity contribution in [3.63, 3.8) is 0 Å². The fraction of sp³-hybridized carbons (Fsp3) is 0.500. The Morgan fingerprint density at radius 3 is 2.78 bits per heavy atom. The Morgan fingerprint density at radius 1 is 1.44 bits per heavy atom. The minimum atomic E-state index is -3.68. The van der Waals surface area contributed by atoms with Crippen LogP contribution in [0.3, 0.4) is 0 Å². The Kier molecular flexibility index (Phi) is 3.56. The lowest BCUT2D eigenvalue weighted by Crippen LogP contribution is -2.47. The van der Waals surface area contributed by atoms with Gasteiger partial charge in [0.2, 0.25) is 0 Å². The summed E-state index contributed by atoms with van der Waals surface area (Å²) in [5.74, 6) is -5.09. The molecule has 1 fully saturated rings. The Hall–Kier alpha value is -1.56. The molecule has 0 bridgehead atoms. The van der Waals surface area contributed by atoms with Gasteiger partial charge in [-0.2, -0.15) is 8.78 Å². The summed E-state index contributed by atoms with van der Waals surface area (Å²) < 4.78 is 27.5. The summed E-state index contributed by atoms with van der Waals surface area (Å²) in [7, 11) is 0. The number of carbonyl (C=O) groups is 1. The molecule has 2 atom stereocenters. The number of rotatable bonds is 3. The Morgan fingerprint density at radius 2 is 2.22 bits per heavy atom. The fourth-order valence-corrected chi connectivity index (χ4v) is 2.03. The van der Waals surface area contributed by atoms with Crippen LogP contribution in [0.4, 0.5) is 8.78 Å². The molecule has 18 heavy (non-hydrogen) atoms. The molecule has 0 aliphatic heterocycles. The fourth-order valence-electron chi connectivity index (χ4n) is 2.03. The normalized spacial score (nSPS) is 23.9. The number of halogens is 2. The third kappa shape index (κ3) is 2.48. The molecule has 1 aromatic rings. The number of aliphatic hydroxyl groups is 1. The van der Waals surface area contributed by atoms with E-state index in [2.05, 4.69) is 10.3 Å². The zero-order chi connectivity index (χ0) is 13.2. The molecule has 6 heteroatoms. The molecule has 0 spiro atoms. The van der Waals surface area contributed by atoms with E-state index in [9.17, 15) is 18.7 Å². The number of hydrogen-bond acceptors (Lipinski definition) is 3. The molecule has 0 unspecified atom stereocenters. The van der Waals surface area contributed by atoms with E-state index in [1.165, 1.54) is 18.3 Å². The maximum atomic E-state index is 13.8. The Balaban J connectivity index is 2.08. The van der Waals surface area contributed by atoms with Crippen LogP contribution in [0.5, 0.6) is 0 Å². The predicted molar refractivity (Wildman–Crippen MR) is 59.9 cm³/mol. The van der Waals surface area contributed by atoms with E-state index in [-0.39, 0.29) is 0 Å². The number of carbonyl (C=O) groups excluding carboxylic acids is 1. The summed E-state index contributed by atoms with van der Waals surface area (Å²) in [6.07, 6.45) is 2.24. The quantitative estimate of drug-likeness (QED) is 0.854. The van der Waals surface area contributed by atoms with Crippen LogP contribution in [0, 0.1) is 0 Å². The maximum absolute atomic E-state index is 13.8. The van der Waals surface area contributed by atoms with Crippen LogP contribution in [0.1, 0.15) is 25.0 Å². The van der Waals surface area contributed by atoms with E-state index in [0.717, 1.165) is 12.5 Å². The lowest BCUT2D eigenvalue weighted by atomic mass is 10.1. The first-order chi connectivity index (χ1) is 8.51. The molecule has 2 rings (SSSR count). The molecule has 1 amide bonds. The highest BCUT2D eigenvalue weighted by molar-refractivity contribution is 5.84. The van der Waals surface area contributed by atoms with Crippen molar-refractivity contribution in [1.82, 2.24) is 10.3 Å². The largest absolute Gasteiger partial charge is 0.391 e. The molecule has 0 aromatic carbocycles. The standard InChI is InChI=1S/C12H14F2N2O2/c13-12(14,10-6-1-2-7-15-10)11(18)16-8-4-3-5-9(8)17/h1-2,6-9,17H,3-5H2,(H,16,18)/t8-,9-/m0/s1. The number of amides is 1. The van der Waals surface area contributed by atoms with Gasteiger partial charge in [-0.25, -0.2) is 0 Å². The number of nitrogens with zero attached hydrogens (tertiary/aromatic N) is 1. The van der Waals surface area contributed by atoms with Crippen LogP contribution in [-0.2, 0) is 10.7 Å². The first kappa shape index (κ1) is 12.9. The van der Waals surface area contributed by atoms with Crippen LogP contribution in [0.25, 0.3) is 0 Å². The zero-order valence-corrected chi connectivity index (χ0v) is 9.64. The number of aromatic nitrogens is 1. The van der Waals surface area contributed by atoms with Crippen LogP contribution in [-0.4, -0.2) is 28.1 Å². The Bertz CT molecular complexity index is 425. The van der Waals surface area contributed by atoms with Crippen LogP contribution >= 0.6 is 0 Å². The number of pyridine rings is 1. The number of nitrogens with one attached hydrogen (secondary N) is 1. The van der Waals surface area contributed by atoms with Crippen LogP contribution in [0.15, 0.2) is 24.4 Å². The van der Waals surface area contributed by atoms with Crippen molar-refractivity contribution < 1.29 is 18.7 Å². The molecule has 1 heterocycles. The number of hydrogen-bond donors (Lipinski definition) is 2. The van der Waals surface area contributed by atoms with E-state index in [4.69, 9.17) is 0 Å². The van der Waals surface area contributed by atoms with Crippen molar-refractivity contribution in [2.75, 3.05) is 0 Å². The van der Waals surface area contributed by atoms with E-state index in [1.54, 1.807) is 0 Å². The molecular formula is C12H14F2N2O2. The molecule has 0 saturated heterocycles. The van der Waals surface area contributed by atoms with Crippen LogP contribution < -0.4 is 5.32 Å². The van der Waals surface area contributed by atoms with Gasteiger partial charge >= 0.3 is 5.92 Å². The van der Waals surface area contributed by atoms with Crippen molar-refractivity contribution in [1.29, 1.82) is 0 Å². The second-order valence-corrected chi connectivity index (χ2v) is 4.37. The molecular weight excluding hydrogens is 242 g/mol. The summed E-state index contributed by atoms with van der Waals surface area (Å²) in [5, 5.41) is 11.7. The van der Waals surface area contributed by atoms with Gasteiger partial charge in [0.25, 0.3) is 5.91 Å². The highest BCUT2D eigenvalue weighted by Gasteiger charge is 2.44. The maximum Gasteiger partial charge on any atom is 0.366 e. The molecule has 2 N–H and O–H groups in total. The Labute approximate surface area is 103 Å². The van der Waals surface area contributed by atoms with E-state index in [1.807, 2.05) is 0 Å². The third-order valence-electron chi connectivity index (χ3n) is 3.07. The first-order valence-corrected chi connectivity index (χ1v) is 5.80. The smallest absolute Gasteiger partial charge is 0.366 e. The van der Waals surface area contributed by atoms with Crippen molar-refractivity contribution in [2.24, 2.45) is 0 Å². The van der Waals surface area contributed by atoms with Gasteiger partial charge in [-0.05, 0) is 31.4 Å². The van der Waals surface area contributed by atoms with Gasteiger partial charge in [-0.3, -0.25) is 9.78 Å². The molecule has 1 aliphatic rings. The van der Waals surface area contributed by atoms with E-state index < -0.39 is 29.7 Å². The lowest BCUT2D eigenvalue weighted by Gasteiger charge is -2.20. The summed E-state index contributed by atoms with van der Waals surface area (Å²) in [6, 6.07) is 3.41. The molecule has 4 nitrogen and oxygen atoms in total. The average molecular weight is 256 g/mol. The van der Waals surface area contributed by atoms with Crippen LogP contribution in [0.2, 0.25) is 0 Å². The van der Waals surface area contributed by atoms with Gasteiger partial charge < -0.3 is 10.4 Å². The van der Waals surface area contributed by atoms with Crippen molar-refractivity contribution in [3.05, 3.63) is 30.1 Å². The molecule has 1 aliphatic carbocycles. The lowest BCUT2D eigenvalue weighted by molar-refractivity contribution is -0.149. The van der Waals surface area contributed by atoms with Crippen molar-refractivity contribution >= 4 is 5.91 Å². The van der Waals surface area contributed by atoms with Gasteiger partial charge in [-0.1, -0.05) is 6.07 Å². The first-order valence-electron chi connectivity index (χ1n) is 5.80. The van der Waals surface area contributed by atoms with Crippen molar-refractivity contribution in [2.45, 2.75) is 37.3 Å². The van der Waals surface area contributed by atoms with E-state index in [0.29, 0.717) is 12.8 Å². The molecule has 1 aromatic heterocycles. The minimum absolute atomic E-state index is 0.519. The predicted octanol–water partition coefficient (Wildman–Crippen LogP) is 1.20. The topological polar surface area (TPSA) is 62.2 Å². The van der Waals surface area contributed by atoms with Gasteiger partial charge in [0.15, 0.2) is 0 Å². The van der Waals surface area contributed by atoms with Gasteiger partial charge in [0, 0.05) is 6.20 Å². The SMILES string of the molecule is O=C(N[C@H]1CCC[C@@H]1O)C(F)(F)c1ccccn1. The average Bonchev–Trinajstić information content (AvgIpc) is 2.76. The number of alkyl halides is 2.